The number of rotatable bonds is 4. The molecule has 0 saturated heterocycles. The molecule has 0 aliphatic heterocycles. The molecular formula is C13H13ClO2. The summed E-state index contributed by atoms with van der Waals surface area (Å²) >= 11 is 6.12. The van der Waals surface area contributed by atoms with Crippen LogP contribution >= 0.6 is 11.6 Å². The summed E-state index contributed by atoms with van der Waals surface area (Å²) in [5.41, 5.74) is 0.894. The third-order valence-corrected chi connectivity index (χ3v) is 2.50. The van der Waals surface area contributed by atoms with Gasteiger partial charge in [0.2, 0.25) is 0 Å². The maximum absolute atomic E-state index is 6.12. The van der Waals surface area contributed by atoms with E-state index in [0.29, 0.717) is 17.4 Å². The molecule has 0 bridgehead atoms. The summed E-state index contributed by atoms with van der Waals surface area (Å²) < 4.78 is 11.0. The number of furan rings is 1. The van der Waals surface area contributed by atoms with Gasteiger partial charge in [-0.3, -0.25) is 0 Å². The lowest BCUT2D eigenvalue weighted by Gasteiger charge is -2.10. The average molecular weight is 237 g/mol. The van der Waals surface area contributed by atoms with Crippen molar-refractivity contribution in [1.82, 2.24) is 0 Å². The van der Waals surface area contributed by atoms with Crippen LogP contribution in [0.3, 0.4) is 0 Å². The number of benzene rings is 1. The van der Waals surface area contributed by atoms with Crippen LogP contribution in [0.2, 0.25) is 5.02 Å². The van der Waals surface area contributed by atoms with Gasteiger partial charge in [-0.1, -0.05) is 24.6 Å². The van der Waals surface area contributed by atoms with Gasteiger partial charge in [-0.25, -0.2) is 0 Å². The zero-order valence-electron chi connectivity index (χ0n) is 9.07. The summed E-state index contributed by atoms with van der Waals surface area (Å²) in [7, 11) is 0. The molecule has 1 heterocycles. The van der Waals surface area contributed by atoms with E-state index in [1.807, 2.05) is 30.3 Å². The third kappa shape index (κ3) is 2.22. The van der Waals surface area contributed by atoms with Gasteiger partial charge in [0.1, 0.15) is 11.5 Å². The molecule has 2 aromatic rings. The number of hydrogen-bond acceptors (Lipinski definition) is 2. The normalized spacial score (nSPS) is 10.4. The van der Waals surface area contributed by atoms with Crippen molar-refractivity contribution in [2.75, 3.05) is 6.61 Å². The summed E-state index contributed by atoms with van der Waals surface area (Å²) in [5.74, 6) is 1.47. The van der Waals surface area contributed by atoms with Crippen LogP contribution < -0.4 is 4.74 Å². The molecule has 2 nitrogen and oxygen atoms in total. The highest BCUT2D eigenvalue weighted by Gasteiger charge is 2.11. The van der Waals surface area contributed by atoms with E-state index >= 15 is 0 Å². The van der Waals surface area contributed by atoms with Crippen LogP contribution in [0.5, 0.6) is 5.75 Å². The predicted molar refractivity (Wildman–Crippen MR) is 64.9 cm³/mol. The fourth-order valence-corrected chi connectivity index (χ4v) is 1.71. The molecule has 0 saturated carbocycles. The zero-order chi connectivity index (χ0) is 11.4. The molecule has 3 heteroatoms. The minimum absolute atomic E-state index is 0.613. The first-order valence-corrected chi connectivity index (χ1v) is 5.66. The second-order valence-corrected chi connectivity index (χ2v) is 3.85. The standard InChI is InChI=1S/C13H13ClO2/c1-2-8-16-13-10(5-3-6-11(13)14)12-7-4-9-15-12/h3-7,9H,2,8H2,1H3. The Kier molecular flexibility index (Phi) is 3.52. The summed E-state index contributed by atoms with van der Waals surface area (Å²) in [4.78, 5) is 0. The first-order chi connectivity index (χ1) is 7.83. The Morgan fingerprint density at radius 2 is 2.12 bits per heavy atom. The van der Waals surface area contributed by atoms with E-state index < -0.39 is 0 Å². The van der Waals surface area contributed by atoms with E-state index in [1.54, 1.807) is 6.26 Å². The van der Waals surface area contributed by atoms with Crippen molar-refractivity contribution < 1.29 is 9.15 Å². The highest BCUT2D eigenvalue weighted by Crippen LogP contribution is 2.36. The summed E-state index contributed by atoms with van der Waals surface area (Å²) in [6.07, 6.45) is 2.59. The van der Waals surface area contributed by atoms with Crippen molar-refractivity contribution >= 4 is 11.6 Å². The lowest BCUT2D eigenvalue weighted by atomic mass is 10.1. The van der Waals surface area contributed by atoms with Crippen molar-refractivity contribution in [3.63, 3.8) is 0 Å². The zero-order valence-corrected chi connectivity index (χ0v) is 9.83. The van der Waals surface area contributed by atoms with E-state index in [4.69, 9.17) is 20.8 Å². The van der Waals surface area contributed by atoms with E-state index in [1.165, 1.54) is 0 Å². The molecule has 2 rings (SSSR count). The van der Waals surface area contributed by atoms with E-state index in [2.05, 4.69) is 6.92 Å². The van der Waals surface area contributed by atoms with Crippen LogP contribution in [-0.2, 0) is 0 Å². The van der Waals surface area contributed by atoms with Crippen LogP contribution in [-0.4, -0.2) is 6.61 Å². The predicted octanol–water partition coefficient (Wildman–Crippen LogP) is 4.39. The molecule has 0 amide bonds. The van der Waals surface area contributed by atoms with Gasteiger partial charge in [0.05, 0.1) is 23.5 Å². The largest absolute Gasteiger partial charge is 0.491 e. The third-order valence-electron chi connectivity index (χ3n) is 2.20. The van der Waals surface area contributed by atoms with Gasteiger partial charge in [0.25, 0.3) is 0 Å². The highest BCUT2D eigenvalue weighted by molar-refractivity contribution is 6.32. The molecule has 0 aliphatic carbocycles. The van der Waals surface area contributed by atoms with Crippen LogP contribution in [0.25, 0.3) is 11.3 Å². The Bertz CT molecular complexity index is 449. The van der Waals surface area contributed by atoms with Crippen molar-refractivity contribution in [1.29, 1.82) is 0 Å². The minimum atomic E-state index is 0.613. The topological polar surface area (TPSA) is 22.4 Å². The molecule has 84 valence electrons. The molecule has 16 heavy (non-hydrogen) atoms. The second-order valence-electron chi connectivity index (χ2n) is 3.44. The Hall–Kier alpha value is -1.41. The molecule has 0 fully saturated rings. The molecule has 0 radical (unpaired) electrons. The fourth-order valence-electron chi connectivity index (χ4n) is 1.49. The summed E-state index contributed by atoms with van der Waals surface area (Å²) in [6.45, 7) is 2.71. The van der Waals surface area contributed by atoms with Gasteiger partial charge in [-0.05, 0) is 30.7 Å². The molecule has 0 atom stereocenters. The van der Waals surface area contributed by atoms with Crippen molar-refractivity contribution in [2.24, 2.45) is 0 Å². The molecule has 0 spiro atoms. The summed E-state index contributed by atoms with van der Waals surface area (Å²) in [5, 5.41) is 0.613. The van der Waals surface area contributed by atoms with Crippen LogP contribution in [0.4, 0.5) is 0 Å². The first kappa shape index (κ1) is 11.1. The van der Waals surface area contributed by atoms with Gasteiger partial charge in [0.15, 0.2) is 0 Å². The van der Waals surface area contributed by atoms with Crippen molar-refractivity contribution in [3.8, 4) is 17.1 Å². The van der Waals surface area contributed by atoms with Gasteiger partial charge in [-0.2, -0.15) is 0 Å². The van der Waals surface area contributed by atoms with Crippen LogP contribution in [0.15, 0.2) is 41.0 Å². The number of para-hydroxylation sites is 1. The van der Waals surface area contributed by atoms with Crippen LogP contribution in [0.1, 0.15) is 13.3 Å². The SMILES string of the molecule is CCCOc1c(Cl)cccc1-c1ccco1. The molecule has 0 N–H and O–H groups in total. The number of hydrogen-bond donors (Lipinski definition) is 0. The van der Waals surface area contributed by atoms with Gasteiger partial charge in [-0.15, -0.1) is 0 Å². The van der Waals surface area contributed by atoms with Gasteiger partial charge < -0.3 is 9.15 Å². The number of ether oxygens (including phenoxy) is 1. The van der Waals surface area contributed by atoms with Gasteiger partial charge in [0, 0.05) is 0 Å². The Labute approximate surface area is 99.8 Å². The molecule has 0 unspecified atom stereocenters. The maximum atomic E-state index is 6.12. The fraction of sp³-hybridized carbons (Fsp3) is 0.231. The smallest absolute Gasteiger partial charge is 0.148 e. The molecular weight excluding hydrogens is 224 g/mol. The maximum Gasteiger partial charge on any atom is 0.148 e. The van der Waals surface area contributed by atoms with E-state index in [-0.39, 0.29) is 0 Å². The molecule has 1 aromatic heterocycles. The van der Waals surface area contributed by atoms with Crippen molar-refractivity contribution in [2.45, 2.75) is 13.3 Å². The Balaban J connectivity index is 2.40. The second kappa shape index (κ2) is 5.08. The van der Waals surface area contributed by atoms with E-state index in [0.717, 1.165) is 17.7 Å². The summed E-state index contributed by atoms with van der Waals surface area (Å²) in [6, 6.07) is 9.39. The number of halogens is 1. The Morgan fingerprint density at radius 3 is 2.81 bits per heavy atom. The Morgan fingerprint density at radius 1 is 1.25 bits per heavy atom. The minimum Gasteiger partial charge on any atom is -0.491 e. The quantitative estimate of drug-likeness (QED) is 0.786. The molecule has 1 aromatic carbocycles. The molecule has 0 aliphatic rings. The highest BCUT2D eigenvalue weighted by atomic mass is 35.5. The monoisotopic (exact) mass is 236 g/mol. The lowest BCUT2D eigenvalue weighted by molar-refractivity contribution is 0.318. The van der Waals surface area contributed by atoms with Crippen molar-refractivity contribution in [3.05, 3.63) is 41.6 Å². The van der Waals surface area contributed by atoms with Crippen LogP contribution in [0, 0.1) is 0 Å². The van der Waals surface area contributed by atoms with Gasteiger partial charge >= 0.3 is 0 Å². The first-order valence-electron chi connectivity index (χ1n) is 5.28. The lowest BCUT2D eigenvalue weighted by Crippen LogP contribution is -1.97. The van der Waals surface area contributed by atoms with E-state index in [9.17, 15) is 0 Å². The average Bonchev–Trinajstić information content (AvgIpc) is 2.80.